The van der Waals surface area contributed by atoms with Crippen molar-refractivity contribution >= 4 is 5.65 Å². The molecule has 1 unspecified atom stereocenters. The maximum Gasteiger partial charge on any atom is 0.179 e. The number of nitrogens with zero attached hydrogens (tertiary/aromatic N) is 4. The fourth-order valence-corrected chi connectivity index (χ4v) is 1.67. The summed E-state index contributed by atoms with van der Waals surface area (Å²) in [6.45, 7) is 0. The van der Waals surface area contributed by atoms with Crippen molar-refractivity contribution in [3.63, 3.8) is 0 Å². The first-order valence-electron chi connectivity index (χ1n) is 4.76. The third-order valence-electron chi connectivity index (χ3n) is 2.67. The lowest BCUT2D eigenvalue weighted by molar-refractivity contribution is 0.587. The van der Waals surface area contributed by atoms with Crippen molar-refractivity contribution < 1.29 is 0 Å². The smallest absolute Gasteiger partial charge is 0.179 e. The lowest BCUT2D eigenvalue weighted by Gasteiger charge is -2.06. The Morgan fingerprint density at radius 1 is 1.43 bits per heavy atom. The van der Waals surface area contributed by atoms with Crippen LogP contribution in [0.5, 0.6) is 0 Å². The van der Waals surface area contributed by atoms with Crippen molar-refractivity contribution in [3.05, 3.63) is 24.4 Å². The Labute approximate surface area is 81.0 Å². The number of nitrogens with two attached hydrogens (primary N) is 1. The van der Waals surface area contributed by atoms with E-state index in [0.29, 0.717) is 5.92 Å². The van der Waals surface area contributed by atoms with Gasteiger partial charge in [-0.15, -0.1) is 10.2 Å². The predicted octanol–water partition coefficient (Wildman–Crippen LogP) is 0.534. The normalized spacial score (nSPS) is 18.6. The molecule has 2 heterocycles. The van der Waals surface area contributed by atoms with Crippen molar-refractivity contribution in [3.8, 4) is 0 Å². The maximum atomic E-state index is 6.07. The summed E-state index contributed by atoms with van der Waals surface area (Å²) in [7, 11) is 0. The summed E-state index contributed by atoms with van der Waals surface area (Å²) in [5.41, 5.74) is 6.83. The van der Waals surface area contributed by atoms with Gasteiger partial charge >= 0.3 is 0 Å². The molecule has 72 valence electrons. The zero-order chi connectivity index (χ0) is 9.54. The van der Waals surface area contributed by atoms with Gasteiger partial charge in [-0.05, 0) is 18.8 Å². The van der Waals surface area contributed by atoms with Gasteiger partial charge in [0.2, 0.25) is 0 Å². The number of hydrogen-bond acceptors (Lipinski definition) is 4. The second kappa shape index (κ2) is 2.75. The van der Waals surface area contributed by atoms with E-state index in [1.807, 2.05) is 10.6 Å². The number of rotatable bonds is 2. The number of aromatic nitrogens is 4. The molecule has 5 heteroatoms. The van der Waals surface area contributed by atoms with E-state index in [1.165, 1.54) is 12.8 Å². The van der Waals surface area contributed by atoms with Crippen molar-refractivity contribution in [1.82, 2.24) is 19.6 Å². The molecule has 1 atom stereocenters. The molecule has 0 bridgehead atoms. The Morgan fingerprint density at radius 3 is 3.07 bits per heavy atom. The zero-order valence-electron chi connectivity index (χ0n) is 7.67. The van der Waals surface area contributed by atoms with Gasteiger partial charge in [0.15, 0.2) is 11.5 Å². The van der Waals surface area contributed by atoms with Crippen molar-refractivity contribution in [2.24, 2.45) is 11.7 Å². The minimum absolute atomic E-state index is 0.0207. The van der Waals surface area contributed by atoms with Gasteiger partial charge < -0.3 is 5.73 Å². The lowest BCUT2D eigenvalue weighted by atomic mass is 10.2. The Kier molecular flexibility index (Phi) is 1.55. The fraction of sp³-hybridized carbons (Fsp3) is 0.444. The summed E-state index contributed by atoms with van der Waals surface area (Å²) in [6.07, 6.45) is 7.69. The molecular formula is C9H11N5. The highest BCUT2D eigenvalue weighted by Crippen LogP contribution is 2.38. The standard InChI is InChI=1S/C9H11N5/c10-8(6-1-2-6)9-13-12-7-5-11-3-4-14(7)9/h3-6,8H,1-2,10H2. The van der Waals surface area contributed by atoms with Crippen LogP contribution < -0.4 is 5.73 Å². The molecule has 14 heavy (non-hydrogen) atoms. The summed E-state index contributed by atoms with van der Waals surface area (Å²) >= 11 is 0. The first-order valence-corrected chi connectivity index (χ1v) is 4.76. The second-order valence-corrected chi connectivity index (χ2v) is 3.73. The molecule has 0 radical (unpaired) electrons. The van der Waals surface area contributed by atoms with Crippen LogP contribution in [-0.4, -0.2) is 19.6 Å². The van der Waals surface area contributed by atoms with E-state index in [2.05, 4.69) is 15.2 Å². The molecule has 5 nitrogen and oxygen atoms in total. The van der Waals surface area contributed by atoms with Gasteiger partial charge in [-0.1, -0.05) is 0 Å². The summed E-state index contributed by atoms with van der Waals surface area (Å²) in [4.78, 5) is 3.98. The Bertz CT molecular complexity index is 459. The minimum atomic E-state index is 0.0207. The SMILES string of the molecule is NC(c1nnc2cnccn12)C1CC1. The molecule has 0 aliphatic heterocycles. The van der Waals surface area contributed by atoms with Gasteiger partial charge in [0.05, 0.1) is 12.2 Å². The van der Waals surface area contributed by atoms with E-state index in [-0.39, 0.29) is 6.04 Å². The van der Waals surface area contributed by atoms with Gasteiger partial charge in [0.25, 0.3) is 0 Å². The highest BCUT2D eigenvalue weighted by Gasteiger charge is 2.32. The third kappa shape index (κ3) is 1.09. The van der Waals surface area contributed by atoms with Crippen LogP contribution in [0.25, 0.3) is 5.65 Å². The van der Waals surface area contributed by atoms with Crippen LogP contribution in [0.15, 0.2) is 18.6 Å². The topological polar surface area (TPSA) is 69.1 Å². The Morgan fingerprint density at radius 2 is 2.29 bits per heavy atom. The van der Waals surface area contributed by atoms with Gasteiger partial charge in [0.1, 0.15) is 0 Å². The van der Waals surface area contributed by atoms with Crippen LogP contribution in [0, 0.1) is 5.92 Å². The van der Waals surface area contributed by atoms with E-state index in [4.69, 9.17) is 5.73 Å². The van der Waals surface area contributed by atoms with E-state index >= 15 is 0 Å². The van der Waals surface area contributed by atoms with Crippen molar-refractivity contribution in [2.75, 3.05) is 0 Å². The molecule has 2 N–H and O–H groups in total. The van der Waals surface area contributed by atoms with Crippen LogP contribution >= 0.6 is 0 Å². The molecule has 0 amide bonds. The summed E-state index contributed by atoms with van der Waals surface area (Å²) < 4.78 is 1.91. The fourth-order valence-electron chi connectivity index (χ4n) is 1.67. The molecule has 2 aromatic rings. The average Bonchev–Trinajstić information content (AvgIpc) is 2.97. The molecule has 0 saturated heterocycles. The molecule has 2 aromatic heterocycles. The van der Waals surface area contributed by atoms with Crippen LogP contribution in [0.3, 0.4) is 0 Å². The molecule has 1 fully saturated rings. The van der Waals surface area contributed by atoms with Gasteiger partial charge in [-0.3, -0.25) is 9.38 Å². The van der Waals surface area contributed by atoms with Crippen LogP contribution in [-0.2, 0) is 0 Å². The second-order valence-electron chi connectivity index (χ2n) is 3.73. The average molecular weight is 189 g/mol. The number of hydrogen-bond donors (Lipinski definition) is 1. The van der Waals surface area contributed by atoms with Gasteiger partial charge in [0, 0.05) is 12.4 Å². The summed E-state index contributed by atoms with van der Waals surface area (Å²) in [5, 5.41) is 8.12. The minimum Gasteiger partial charge on any atom is -0.321 e. The van der Waals surface area contributed by atoms with Crippen molar-refractivity contribution in [2.45, 2.75) is 18.9 Å². The first kappa shape index (κ1) is 7.87. The molecular weight excluding hydrogens is 178 g/mol. The van der Waals surface area contributed by atoms with Crippen LogP contribution in [0.4, 0.5) is 0 Å². The number of fused-ring (bicyclic) bond motifs is 1. The molecule has 1 saturated carbocycles. The van der Waals surface area contributed by atoms with E-state index < -0.39 is 0 Å². The zero-order valence-corrected chi connectivity index (χ0v) is 7.67. The Hall–Kier alpha value is -1.49. The van der Waals surface area contributed by atoms with E-state index in [0.717, 1.165) is 11.5 Å². The molecule has 3 rings (SSSR count). The molecule has 0 spiro atoms. The van der Waals surface area contributed by atoms with E-state index in [9.17, 15) is 0 Å². The van der Waals surface area contributed by atoms with Gasteiger partial charge in [-0.25, -0.2) is 0 Å². The summed E-state index contributed by atoms with van der Waals surface area (Å²) in [6, 6.07) is 0.0207. The highest BCUT2D eigenvalue weighted by molar-refractivity contribution is 5.34. The van der Waals surface area contributed by atoms with Gasteiger partial charge in [-0.2, -0.15) is 0 Å². The van der Waals surface area contributed by atoms with Crippen LogP contribution in [0.1, 0.15) is 24.7 Å². The Balaban J connectivity index is 2.11. The predicted molar refractivity (Wildman–Crippen MR) is 50.4 cm³/mol. The summed E-state index contributed by atoms with van der Waals surface area (Å²) in [5.74, 6) is 1.44. The quantitative estimate of drug-likeness (QED) is 0.748. The van der Waals surface area contributed by atoms with E-state index in [1.54, 1.807) is 12.4 Å². The third-order valence-corrected chi connectivity index (χ3v) is 2.67. The largest absolute Gasteiger partial charge is 0.321 e. The molecule has 1 aliphatic carbocycles. The highest BCUT2D eigenvalue weighted by atomic mass is 15.3. The lowest BCUT2D eigenvalue weighted by Crippen LogP contribution is -2.15. The van der Waals surface area contributed by atoms with Crippen LogP contribution in [0.2, 0.25) is 0 Å². The molecule has 1 aliphatic rings. The molecule has 0 aromatic carbocycles. The first-order chi connectivity index (χ1) is 6.86. The maximum absolute atomic E-state index is 6.07. The van der Waals surface area contributed by atoms with Crippen molar-refractivity contribution in [1.29, 1.82) is 0 Å². The monoisotopic (exact) mass is 189 g/mol.